The number of carbonyl (C=O) groups is 2. The third-order valence-corrected chi connectivity index (χ3v) is 6.98. The molecule has 1 atom stereocenters. The van der Waals surface area contributed by atoms with Crippen LogP contribution in [0.15, 0.2) is 33.9 Å². The topological polar surface area (TPSA) is 130 Å². The van der Waals surface area contributed by atoms with Gasteiger partial charge in [-0.2, -0.15) is 0 Å². The second-order valence-corrected chi connectivity index (χ2v) is 9.06. The van der Waals surface area contributed by atoms with Crippen LogP contribution in [-0.2, 0) is 17.6 Å². The Bertz CT molecular complexity index is 1160. The summed E-state index contributed by atoms with van der Waals surface area (Å²) in [6.45, 7) is 0.253. The summed E-state index contributed by atoms with van der Waals surface area (Å²) in [5.41, 5.74) is 6.94. The van der Waals surface area contributed by atoms with Crippen LogP contribution in [0.2, 0.25) is 0 Å². The number of benzene rings is 1. The van der Waals surface area contributed by atoms with Gasteiger partial charge >= 0.3 is 0 Å². The van der Waals surface area contributed by atoms with Crippen molar-refractivity contribution in [3.05, 3.63) is 46.2 Å². The highest BCUT2D eigenvalue weighted by Gasteiger charge is 2.28. The number of nitrogens with two attached hydrogens (primary N) is 1. The second kappa shape index (κ2) is 8.23. The van der Waals surface area contributed by atoms with E-state index in [1.807, 2.05) is 18.2 Å². The number of nitrogens with one attached hydrogen (secondary N) is 1. The maximum Gasteiger partial charge on any atom is 0.277 e. The predicted octanol–water partition coefficient (Wildman–Crippen LogP) is 2.96. The fraction of sp³-hybridized carbons (Fsp3) is 0.300. The van der Waals surface area contributed by atoms with Crippen molar-refractivity contribution in [2.45, 2.75) is 30.6 Å². The molecule has 0 saturated heterocycles. The number of fused-ring (bicyclic) bond motifs is 2. The zero-order valence-electron chi connectivity index (χ0n) is 16.3. The molecule has 2 amide bonds. The number of nitrogens with zero attached hydrogens (tertiary/aromatic N) is 2. The van der Waals surface area contributed by atoms with Crippen LogP contribution in [0.25, 0.3) is 0 Å². The molecule has 1 aliphatic heterocycles. The second-order valence-electron chi connectivity index (χ2n) is 7.03. The first kappa shape index (κ1) is 19.9. The zero-order chi connectivity index (χ0) is 21.4. The summed E-state index contributed by atoms with van der Waals surface area (Å²) in [7, 11) is 0. The number of aromatic nitrogens is 2. The molecule has 1 aromatic carbocycles. The van der Waals surface area contributed by atoms with E-state index in [0.29, 0.717) is 22.1 Å². The van der Waals surface area contributed by atoms with Gasteiger partial charge in [-0.1, -0.05) is 23.9 Å². The summed E-state index contributed by atoms with van der Waals surface area (Å²) < 4.78 is 17.1. The number of primary amides is 1. The first-order valence-corrected chi connectivity index (χ1v) is 11.5. The molecule has 0 spiro atoms. The van der Waals surface area contributed by atoms with Crippen molar-refractivity contribution in [2.75, 3.05) is 17.7 Å². The van der Waals surface area contributed by atoms with Gasteiger partial charge in [0.25, 0.3) is 17.0 Å². The van der Waals surface area contributed by atoms with Gasteiger partial charge in [-0.3, -0.25) is 9.59 Å². The standard InChI is InChI=1S/C20H18N4O5S2/c21-17(26)16-10-4-3-7-14(10)31-19(16)22-15(25)9-30-20-24-23-18(29-20)13-8-27-11-5-1-2-6-12(11)28-13/h1-2,5-6,13H,3-4,7-9H2,(H2,21,26)(H,22,25). The van der Waals surface area contributed by atoms with E-state index in [9.17, 15) is 9.59 Å². The van der Waals surface area contributed by atoms with E-state index < -0.39 is 12.0 Å². The smallest absolute Gasteiger partial charge is 0.277 e. The minimum absolute atomic E-state index is 0.0489. The van der Waals surface area contributed by atoms with Crippen molar-refractivity contribution in [3.8, 4) is 11.5 Å². The molecule has 3 N–H and O–H groups in total. The minimum Gasteiger partial charge on any atom is -0.485 e. The van der Waals surface area contributed by atoms with E-state index in [2.05, 4.69) is 15.5 Å². The molecule has 5 rings (SSSR count). The fourth-order valence-corrected chi connectivity index (χ4v) is 5.47. The van der Waals surface area contributed by atoms with Crippen LogP contribution in [0, 0.1) is 0 Å². The van der Waals surface area contributed by atoms with Crippen LogP contribution in [0.4, 0.5) is 5.00 Å². The van der Waals surface area contributed by atoms with Crippen molar-refractivity contribution in [1.29, 1.82) is 0 Å². The van der Waals surface area contributed by atoms with Crippen LogP contribution in [0.1, 0.15) is 39.2 Å². The van der Waals surface area contributed by atoms with E-state index in [4.69, 9.17) is 19.6 Å². The van der Waals surface area contributed by atoms with Crippen LogP contribution in [0.3, 0.4) is 0 Å². The van der Waals surface area contributed by atoms with Crippen molar-refractivity contribution in [3.63, 3.8) is 0 Å². The molecular formula is C20H18N4O5S2. The summed E-state index contributed by atoms with van der Waals surface area (Å²) in [4.78, 5) is 25.4. The molecular weight excluding hydrogens is 440 g/mol. The van der Waals surface area contributed by atoms with Gasteiger partial charge in [0.1, 0.15) is 11.6 Å². The van der Waals surface area contributed by atoms with Crippen LogP contribution >= 0.6 is 23.1 Å². The van der Waals surface area contributed by atoms with Crippen molar-refractivity contribution < 1.29 is 23.5 Å². The molecule has 2 aromatic heterocycles. The van der Waals surface area contributed by atoms with E-state index in [0.717, 1.165) is 41.5 Å². The van der Waals surface area contributed by atoms with Crippen molar-refractivity contribution in [1.82, 2.24) is 10.2 Å². The van der Waals surface area contributed by atoms with Crippen LogP contribution in [-0.4, -0.2) is 34.4 Å². The first-order valence-electron chi connectivity index (χ1n) is 9.67. The number of amides is 2. The number of para-hydroxylation sites is 2. The highest BCUT2D eigenvalue weighted by molar-refractivity contribution is 7.99. The predicted molar refractivity (Wildman–Crippen MR) is 114 cm³/mol. The molecule has 0 radical (unpaired) electrons. The molecule has 3 heterocycles. The molecule has 160 valence electrons. The van der Waals surface area contributed by atoms with Crippen molar-refractivity contribution in [2.24, 2.45) is 5.73 Å². The lowest BCUT2D eigenvalue weighted by Crippen LogP contribution is -2.21. The van der Waals surface area contributed by atoms with E-state index >= 15 is 0 Å². The molecule has 0 fully saturated rings. The molecule has 0 bridgehead atoms. The molecule has 31 heavy (non-hydrogen) atoms. The highest BCUT2D eigenvalue weighted by atomic mass is 32.2. The maximum absolute atomic E-state index is 12.4. The van der Waals surface area contributed by atoms with Gasteiger partial charge in [-0.15, -0.1) is 21.5 Å². The number of hydrogen-bond donors (Lipinski definition) is 2. The number of thiophene rings is 1. The number of anilines is 1. The number of rotatable bonds is 6. The largest absolute Gasteiger partial charge is 0.485 e. The maximum atomic E-state index is 12.4. The normalized spacial score (nSPS) is 16.7. The van der Waals surface area contributed by atoms with Gasteiger partial charge in [0.05, 0.1) is 11.3 Å². The molecule has 9 nitrogen and oxygen atoms in total. The average molecular weight is 459 g/mol. The number of aryl methyl sites for hydroxylation is 1. The summed E-state index contributed by atoms with van der Waals surface area (Å²) in [5, 5.41) is 11.5. The Morgan fingerprint density at radius 2 is 2.06 bits per heavy atom. The van der Waals surface area contributed by atoms with Crippen molar-refractivity contribution >= 4 is 39.9 Å². The Morgan fingerprint density at radius 3 is 2.90 bits per heavy atom. The fourth-order valence-electron chi connectivity index (χ4n) is 3.59. The number of thioether (sulfide) groups is 1. The van der Waals surface area contributed by atoms with Gasteiger partial charge in [0.2, 0.25) is 12.0 Å². The van der Waals surface area contributed by atoms with E-state index in [1.165, 1.54) is 11.3 Å². The lowest BCUT2D eigenvalue weighted by atomic mass is 10.1. The molecule has 1 aliphatic carbocycles. The SMILES string of the molecule is NC(=O)c1c(NC(=O)CSc2nnc(C3COc4ccccc4O3)o2)sc2c1CCC2. The Morgan fingerprint density at radius 1 is 1.23 bits per heavy atom. The Labute approximate surface area is 185 Å². The number of carbonyl (C=O) groups excluding carboxylic acids is 2. The number of ether oxygens (including phenoxy) is 2. The summed E-state index contributed by atoms with van der Waals surface area (Å²) in [5.74, 6) is 0.812. The monoisotopic (exact) mass is 458 g/mol. The third-order valence-electron chi connectivity index (χ3n) is 4.95. The summed E-state index contributed by atoms with van der Waals surface area (Å²) in [6.07, 6.45) is 2.22. The zero-order valence-corrected chi connectivity index (χ0v) is 17.9. The Hall–Kier alpha value is -3.05. The Kier molecular flexibility index (Phi) is 5.28. The highest BCUT2D eigenvalue weighted by Crippen LogP contribution is 2.39. The summed E-state index contributed by atoms with van der Waals surface area (Å²) in [6, 6.07) is 7.35. The molecule has 11 heteroatoms. The Balaban J connectivity index is 1.20. The van der Waals surface area contributed by atoms with E-state index in [1.54, 1.807) is 6.07 Å². The van der Waals surface area contributed by atoms with E-state index in [-0.39, 0.29) is 29.4 Å². The molecule has 3 aromatic rings. The molecule has 0 saturated carbocycles. The van der Waals surface area contributed by atoms with Crippen LogP contribution in [0.5, 0.6) is 11.5 Å². The third kappa shape index (κ3) is 3.98. The first-order chi connectivity index (χ1) is 15.1. The lowest BCUT2D eigenvalue weighted by molar-refractivity contribution is -0.113. The van der Waals surface area contributed by atoms with Gasteiger partial charge < -0.3 is 24.9 Å². The number of hydrogen-bond acceptors (Lipinski definition) is 9. The average Bonchev–Trinajstić information content (AvgIpc) is 3.48. The lowest BCUT2D eigenvalue weighted by Gasteiger charge is -2.23. The quantitative estimate of drug-likeness (QED) is 0.539. The van der Waals surface area contributed by atoms with Gasteiger partial charge in [0, 0.05) is 4.88 Å². The summed E-state index contributed by atoms with van der Waals surface area (Å²) >= 11 is 2.52. The van der Waals surface area contributed by atoms with Gasteiger partial charge in [-0.05, 0) is 37.0 Å². The van der Waals surface area contributed by atoms with Crippen LogP contribution < -0.4 is 20.5 Å². The minimum atomic E-state index is -0.516. The van der Waals surface area contributed by atoms with Gasteiger partial charge in [0.15, 0.2) is 11.5 Å². The molecule has 2 aliphatic rings. The van der Waals surface area contributed by atoms with Gasteiger partial charge in [-0.25, -0.2) is 0 Å². The molecule has 1 unspecified atom stereocenters.